The first-order chi connectivity index (χ1) is 10.8. The molecule has 23 heavy (non-hydrogen) atoms. The molecule has 2 aromatic carbocycles. The number of benzene rings is 2. The predicted octanol–water partition coefficient (Wildman–Crippen LogP) is 3.44. The maximum atomic E-state index is 13.9. The molecule has 0 bridgehead atoms. The van der Waals surface area contributed by atoms with Gasteiger partial charge in [0.15, 0.2) is 0 Å². The van der Waals surface area contributed by atoms with E-state index in [1.165, 1.54) is 18.2 Å². The standard InChI is InChI=1S/C17H20FNO3S/c1-4-22-13-9-11-14(12-10-13)23(20,21)19-17(2,3)15-7-5-6-8-16(15)18/h5-12,19H,4H2,1-3H3. The van der Waals surface area contributed by atoms with E-state index in [1.807, 2.05) is 6.92 Å². The highest BCUT2D eigenvalue weighted by Gasteiger charge is 2.30. The van der Waals surface area contributed by atoms with Gasteiger partial charge in [-0.1, -0.05) is 18.2 Å². The Labute approximate surface area is 136 Å². The number of ether oxygens (including phenoxy) is 1. The average Bonchev–Trinajstić information content (AvgIpc) is 2.47. The van der Waals surface area contributed by atoms with Gasteiger partial charge in [0, 0.05) is 5.56 Å². The molecule has 0 unspecified atom stereocenters. The van der Waals surface area contributed by atoms with E-state index in [2.05, 4.69) is 4.72 Å². The van der Waals surface area contributed by atoms with E-state index in [0.717, 1.165) is 0 Å². The van der Waals surface area contributed by atoms with Gasteiger partial charge in [-0.15, -0.1) is 0 Å². The first kappa shape index (κ1) is 17.4. The van der Waals surface area contributed by atoms with E-state index in [9.17, 15) is 12.8 Å². The van der Waals surface area contributed by atoms with Gasteiger partial charge in [0.05, 0.1) is 17.0 Å². The summed E-state index contributed by atoms with van der Waals surface area (Å²) in [7, 11) is -3.79. The van der Waals surface area contributed by atoms with Crippen LogP contribution in [0.4, 0.5) is 4.39 Å². The Morgan fingerprint density at radius 1 is 1.09 bits per heavy atom. The third kappa shape index (κ3) is 4.09. The second kappa shape index (κ2) is 6.68. The van der Waals surface area contributed by atoms with Crippen molar-refractivity contribution in [2.24, 2.45) is 0 Å². The van der Waals surface area contributed by atoms with Gasteiger partial charge in [0.25, 0.3) is 0 Å². The second-order valence-corrected chi connectivity index (χ2v) is 7.30. The fourth-order valence-corrected chi connectivity index (χ4v) is 3.69. The molecule has 0 atom stereocenters. The molecule has 0 aliphatic carbocycles. The molecule has 0 heterocycles. The SMILES string of the molecule is CCOc1ccc(S(=O)(=O)NC(C)(C)c2ccccc2F)cc1. The number of rotatable bonds is 6. The van der Waals surface area contributed by atoms with E-state index in [0.29, 0.717) is 12.4 Å². The van der Waals surface area contributed by atoms with Gasteiger partial charge >= 0.3 is 0 Å². The zero-order valence-electron chi connectivity index (χ0n) is 13.3. The smallest absolute Gasteiger partial charge is 0.241 e. The third-order valence-corrected chi connectivity index (χ3v) is 5.05. The van der Waals surface area contributed by atoms with Gasteiger partial charge in [-0.05, 0) is 51.1 Å². The van der Waals surface area contributed by atoms with Crippen LogP contribution in [0.5, 0.6) is 5.75 Å². The monoisotopic (exact) mass is 337 g/mol. The van der Waals surface area contributed by atoms with Crippen LogP contribution in [0.3, 0.4) is 0 Å². The van der Waals surface area contributed by atoms with Gasteiger partial charge in [-0.25, -0.2) is 17.5 Å². The maximum Gasteiger partial charge on any atom is 0.241 e. The van der Waals surface area contributed by atoms with Crippen molar-refractivity contribution in [3.05, 3.63) is 59.9 Å². The van der Waals surface area contributed by atoms with Gasteiger partial charge in [-0.2, -0.15) is 0 Å². The summed E-state index contributed by atoms with van der Waals surface area (Å²) in [6.07, 6.45) is 0. The van der Waals surface area contributed by atoms with Gasteiger partial charge in [-0.3, -0.25) is 0 Å². The lowest BCUT2D eigenvalue weighted by Crippen LogP contribution is -2.41. The normalized spacial score (nSPS) is 12.2. The molecular formula is C17H20FNO3S. The second-order valence-electron chi connectivity index (χ2n) is 5.61. The lowest BCUT2D eigenvalue weighted by Gasteiger charge is -2.27. The average molecular weight is 337 g/mol. The molecule has 2 rings (SSSR count). The van der Waals surface area contributed by atoms with Crippen molar-refractivity contribution in [3.8, 4) is 5.75 Å². The van der Waals surface area contributed by atoms with Crippen molar-refractivity contribution in [1.82, 2.24) is 4.72 Å². The molecule has 2 aromatic rings. The fourth-order valence-electron chi connectivity index (χ4n) is 2.30. The van der Waals surface area contributed by atoms with E-state index in [-0.39, 0.29) is 10.5 Å². The molecule has 124 valence electrons. The Kier molecular flexibility index (Phi) is 5.06. The Balaban J connectivity index is 2.28. The molecule has 0 amide bonds. The van der Waals surface area contributed by atoms with Crippen molar-refractivity contribution < 1.29 is 17.5 Å². The van der Waals surface area contributed by atoms with Gasteiger partial charge < -0.3 is 4.74 Å². The summed E-state index contributed by atoms with van der Waals surface area (Å²) in [6, 6.07) is 12.2. The van der Waals surface area contributed by atoms with E-state index >= 15 is 0 Å². The van der Waals surface area contributed by atoms with Crippen LogP contribution in [0.15, 0.2) is 53.4 Å². The minimum absolute atomic E-state index is 0.102. The summed E-state index contributed by atoms with van der Waals surface area (Å²) in [5.41, 5.74) is -0.794. The molecule has 0 saturated carbocycles. The molecule has 4 nitrogen and oxygen atoms in total. The molecule has 0 spiro atoms. The molecule has 0 aliphatic rings. The summed E-state index contributed by atoms with van der Waals surface area (Å²) >= 11 is 0. The number of hydrogen-bond donors (Lipinski definition) is 1. The van der Waals surface area contributed by atoms with E-state index < -0.39 is 21.4 Å². The lowest BCUT2D eigenvalue weighted by molar-refractivity contribution is 0.340. The summed E-state index contributed by atoms with van der Waals surface area (Å²) in [5.74, 6) is 0.145. The molecular weight excluding hydrogens is 317 g/mol. The number of hydrogen-bond acceptors (Lipinski definition) is 3. The Hall–Kier alpha value is -1.92. The molecule has 0 aromatic heterocycles. The summed E-state index contributed by atoms with van der Waals surface area (Å²) < 4.78 is 46.8. The highest BCUT2D eigenvalue weighted by molar-refractivity contribution is 7.89. The van der Waals surface area contributed by atoms with Crippen LogP contribution in [0.25, 0.3) is 0 Å². The first-order valence-electron chi connectivity index (χ1n) is 7.28. The van der Waals surface area contributed by atoms with Crippen molar-refractivity contribution in [2.45, 2.75) is 31.2 Å². The highest BCUT2D eigenvalue weighted by Crippen LogP contribution is 2.26. The zero-order valence-corrected chi connectivity index (χ0v) is 14.2. The molecule has 1 N–H and O–H groups in total. The van der Waals surface area contributed by atoms with Crippen LogP contribution in [0.2, 0.25) is 0 Å². The number of halogens is 1. The molecule has 0 radical (unpaired) electrons. The quantitative estimate of drug-likeness (QED) is 0.878. The lowest BCUT2D eigenvalue weighted by atomic mass is 9.95. The van der Waals surface area contributed by atoms with Crippen molar-refractivity contribution >= 4 is 10.0 Å². The molecule has 0 saturated heterocycles. The van der Waals surface area contributed by atoms with Gasteiger partial charge in [0.2, 0.25) is 10.0 Å². The fraction of sp³-hybridized carbons (Fsp3) is 0.294. The summed E-state index contributed by atoms with van der Waals surface area (Å²) in [4.78, 5) is 0.102. The molecule has 0 aliphatic heterocycles. The van der Waals surface area contributed by atoms with Gasteiger partial charge in [0.1, 0.15) is 11.6 Å². The first-order valence-corrected chi connectivity index (χ1v) is 8.76. The van der Waals surface area contributed by atoms with Crippen molar-refractivity contribution in [3.63, 3.8) is 0 Å². The molecule has 0 fully saturated rings. The van der Waals surface area contributed by atoms with Crippen LogP contribution in [-0.2, 0) is 15.6 Å². The minimum Gasteiger partial charge on any atom is -0.494 e. The van der Waals surface area contributed by atoms with E-state index in [1.54, 1.807) is 44.2 Å². The van der Waals surface area contributed by atoms with Crippen LogP contribution < -0.4 is 9.46 Å². The largest absolute Gasteiger partial charge is 0.494 e. The number of nitrogens with one attached hydrogen (secondary N) is 1. The highest BCUT2D eigenvalue weighted by atomic mass is 32.2. The number of sulfonamides is 1. The van der Waals surface area contributed by atoms with Crippen LogP contribution >= 0.6 is 0 Å². The Morgan fingerprint density at radius 3 is 2.26 bits per heavy atom. The van der Waals surface area contributed by atoms with E-state index in [4.69, 9.17) is 4.74 Å². The van der Waals surface area contributed by atoms with Crippen molar-refractivity contribution in [2.75, 3.05) is 6.61 Å². The van der Waals surface area contributed by atoms with Crippen molar-refractivity contribution in [1.29, 1.82) is 0 Å². The Morgan fingerprint density at radius 2 is 1.70 bits per heavy atom. The summed E-state index contributed by atoms with van der Waals surface area (Å²) in [5, 5.41) is 0. The maximum absolute atomic E-state index is 13.9. The zero-order chi connectivity index (χ0) is 17.1. The summed E-state index contributed by atoms with van der Waals surface area (Å²) in [6.45, 7) is 5.60. The minimum atomic E-state index is -3.79. The molecule has 6 heteroatoms. The van der Waals surface area contributed by atoms with Crippen LogP contribution in [-0.4, -0.2) is 15.0 Å². The third-order valence-electron chi connectivity index (χ3n) is 3.38. The topological polar surface area (TPSA) is 55.4 Å². The van der Waals surface area contributed by atoms with Crippen LogP contribution in [0, 0.1) is 5.82 Å². The Bertz CT molecular complexity index is 771. The van der Waals surface area contributed by atoms with Crippen LogP contribution in [0.1, 0.15) is 26.3 Å². The predicted molar refractivity (Wildman–Crippen MR) is 87.4 cm³/mol.